The molecule has 1 atom stereocenters. The molecule has 114 valence electrons. The van der Waals surface area contributed by atoms with E-state index in [9.17, 15) is 10.1 Å². The Morgan fingerprint density at radius 2 is 1.91 bits per heavy atom. The van der Waals surface area contributed by atoms with Crippen molar-refractivity contribution in [2.24, 2.45) is 0 Å². The zero-order chi connectivity index (χ0) is 16.0. The van der Waals surface area contributed by atoms with Gasteiger partial charge in [-0.15, -0.1) is 0 Å². The first-order valence-electron chi connectivity index (χ1n) is 7.30. The van der Waals surface area contributed by atoms with Crippen molar-refractivity contribution >= 4 is 11.4 Å². The summed E-state index contributed by atoms with van der Waals surface area (Å²) in [5, 5.41) is 19.3. The molecule has 1 aromatic heterocycles. The van der Waals surface area contributed by atoms with E-state index in [-0.39, 0.29) is 10.6 Å². The lowest BCUT2D eigenvalue weighted by Crippen LogP contribution is -2.26. The van der Waals surface area contributed by atoms with Gasteiger partial charge in [0, 0.05) is 17.3 Å². The first kappa shape index (κ1) is 13.5. The molecule has 2 heterocycles. The molecule has 0 amide bonds. The van der Waals surface area contributed by atoms with Crippen LogP contribution in [0.25, 0.3) is 11.3 Å². The van der Waals surface area contributed by atoms with Crippen molar-refractivity contribution in [1.82, 2.24) is 9.78 Å². The van der Waals surface area contributed by atoms with Crippen LogP contribution < -0.4 is 5.32 Å². The number of hydrogen-bond donors (Lipinski definition) is 1. The summed E-state index contributed by atoms with van der Waals surface area (Å²) < 4.78 is 1.82. The van der Waals surface area contributed by atoms with Crippen molar-refractivity contribution in [2.45, 2.75) is 13.1 Å². The fraction of sp³-hybridized carbons (Fsp3) is 0.118. The van der Waals surface area contributed by atoms with E-state index >= 15 is 0 Å². The number of aryl methyl sites for hydroxylation is 1. The molecule has 2 aromatic carbocycles. The number of anilines is 1. The predicted octanol–water partition coefficient (Wildman–Crippen LogP) is 3.74. The summed E-state index contributed by atoms with van der Waals surface area (Å²) in [5.41, 5.74) is 4.51. The number of nitrogens with zero attached hydrogens (tertiary/aromatic N) is 3. The molecule has 0 spiro atoms. The highest BCUT2D eigenvalue weighted by Gasteiger charge is 2.30. The van der Waals surface area contributed by atoms with E-state index in [2.05, 4.69) is 10.4 Å². The summed E-state index contributed by atoms with van der Waals surface area (Å²) in [6.45, 7) is 1.92. The van der Waals surface area contributed by atoms with Gasteiger partial charge in [0.1, 0.15) is 0 Å². The predicted molar refractivity (Wildman–Crippen MR) is 87.3 cm³/mol. The molecule has 1 unspecified atom stereocenters. The molecule has 0 saturated heterocycles. The summed E-state index contributed by atoms with van der Waals surface area (Å²) in [5.74, 6) is 0. The van der Waals surface area contributed by atoms with Crippen molar-refractivity contribution in [2.75, 3.05) is 5.32 Å². The van der Waals surface area contributed by atoms with Crippen LogP contribution in [0.15, 0.2) is 54.6 Å². The fourth-order valence-electron chi connectivity index (χ4n) is 3.05. The Balaban J connectivity index is 1.94. The molecule has 23 heavy (non-hydrogen) atoms. The third-order valence-electron chi connectivity index (χ3n) is 4.03. The first-order chi connectivity index (χ1) is 11.1. The molecule has 0 bridgehead atoms. The van der Waals surface area contributed by atoms with Gasteiger partial charge in [-0.25, -0.2) is 4.68 Å². The van der Waals surface area contributed by atoms with Crippen molar-refractivity contribution < 1.29 is 4.92 Å². The van der Waals surface area contributed by atoms with Crippen LogP contribution in [0.1, 0.15) is 17.4 Å². The van der Waals surface area contributed by atoms with Crippen LogP contribution >= 0.6 is 0 Å². The van der Waals surface area contributed by atoms with E-state index in [1.54, 1.807) is 18.2 Å². The Labute approximate surface area is 132 Å². The molecule has 4 rings (SSSR count). The molecule has 0 fully saturated rings. The lowest BCUT2D eigenvalue weighted by atomic mass is 10.0. The third-order valence-corrected chi connectivity index (χ3v) is 4.03. The average Bonchev–Trinajstić information content (AvgIpc) is 2.95. The molecule has 0 radical (unpaired) electrons. The monoisotopic (exact) mass is 306 g/mol. The number of benzene rings is 2. The number of aromatic nitrogens is 2. The maximum Gasteiger partial charge on any atom is 0.276 e. The number of para-hydroxylation sites is 2. The molecule has 1 aliphatic heterocycles. The van der Waals surface area contributed by atoms with E-state index in [4.69, 9.17) is 0 Å². The standard InChI is InChI=1S/C17H14N4O2/c1-11-10-16-12-6-2-4-8-14(12)18-17(20(16)19-11)13-7-3-5-9-15(13)21(22)23/h2-10,17-18H,1H3. The fourth-order valence-corrected chi connectivity index (χ4v) is 3.05. The highest BCUT2D eigenvalue weighted by atomic mass is 16.6. The molecule has 0 aliphatic carbocycles. The van der Waals surface area contributed by atoms with Crippen LogP contribution in [0.3, 0.4) is 0 Å². The number of nitro benzene ring substituents is 1. The maximum absolute atomic E-state index is 11.4. The van der Waals surface area contributed by atoms with Crippen LogP contribution in [-0.2, 0) is 0 Å². The number of nitrogens with one attached hydrogen (secondary N) is 1. The number of fused-ring (bicyclic) bond motifs is 3. The Kier molecular flexibility index (Phi) is 2.90. The van der Waals surface area contributed by atoms with E-state index in [1.807, 2.05) is 41.9 Å². The van der Waals surface area contributed by atoms with Crippen LogP contribution in [0.5, 0.6) is 0 Å². The van der Waals surface area contributed by atoms with Crippen molar-refractivity contribution in [3.05, 3.63) is 76.0 Å². The van der Waals surface area contributed by atoms with Gasteiger partial charge in [-0.2, -0.15) is 5.10 Å². The molecular formula is C17H14N4O2. The SMILES string of the molecule is Cc1cc2n(n1)C(c1ccccc1[N+](=O)[O-])Nc1ccccc1-2. The molecule has 3 aromatic rings. The molecule has 1 aliphatic rings. The van der Waals surface area contributed by atoms with Gasteiger partial charge >= 0.3 is 0 Å². The minimum absolute atomic E-state index is 0.0866. The van der Waals surface area contributed by atoms with Crippen molar-refractivity contribution in [1.29, 1.82) is 0 Å². The molecule has 6 heteroatoms. The topological polar surface area (TPSA) is 73.0 Å². The molecule has 6 nitrogen and oxygen atoms in total. The average molecular weight is 306 g/mol. The molecule has 1 N–H and O–H groups in total. The summed E-state index contributed by atoms with van der Waals surface area (Å²) in [6.07, 6.45) is -0.407. The van der Waals surface area contributed by atoms with E-state index in [0.717, 1.165) is 22.6 Å². The highest BCUT2D eigenvalue weighted by Crippen LogP contribution is 2.40. The van der Waals surface area contributed by atoms with Gasteiger partial charge in [-0.05, 0) is 25.1 Å². The molecular weight excluding hydrogens is 292 g/mol. The maximum atomic E-state index is 11.4. The Morgan fingerprint density at radius 1 is 1.17 bits per heavy atom. The Hall–Kier alpha value is -3.15. The van der Waals surface area contributed by atoms with Crippen LogP contribution in [0, 0.1) is 17.0 Å². The second-order valence-corrected chi connectivity index (χ2v) is 5.52. The van der Waals surface area contributed by atoms with Gasteiger partial charge in [-0.3, -0.25) is 10.1 Å². The Bertz CT molecular complexity index is 916. The lowest BCUT2D eigenvalue weighted by molar-refractivity contribution is -0.385. The number of hydrogen-bond acceptors (Lipinski definition) is 4. The molecule has 0 saturated carbocycles. The van der Waals surface area contributed by atoms with Gasteiger partial charge < -0.3 is 5.32 Å². The summed E-state index contributed by atoms with van der Waals surface area (Å²) >= 11 is 0. The van der Waals surface area contributed by atoms with Gasteiger partial charge in [0.25, 0.3) is 5.69 Å². The van der Waals surface area contributed by atoms with E-state index in [1.165, 1.54) is 6.07 Å². The number of nitro groups is 1. The smallest absolute Gasteiger partial charge is 0.276 e. The second-order valence-electron chi connectivity index (χ2n) is 5.52. The van der Waals surface area contributed by atoms with Crippen LogP contribution in [0.2, 0.25) is 0 Å². The van der Waals surface area contributed by atoms with Crippen molar-refractivity contribution in [3.8, 4) is 11.3 Å². The lowest BCUT2D eigenvalue weighted by Gasteiger charge is -2.28. The van der Waals surface area contributed by atoms with E-state index < -0.39 is 6.17 Å². The van der Waals surface area contributed by atoms with Gasteiger partial charge in [0.05, 0.1) is 21.9 Å². The minimum Gasteiger partial charge on any atom is -0.359 e. The minimum atomic E-state index is -0.407. The first-order valence-corrected chi connectivity index (χ1v) is 7.30. The summed E-state index contributed by atoms with van der Waals surface area (Å²) in [6, 6.07) is 16.7. The highest BCUT2D eigenvalue weighted by molar-refractivity contribution is 5.79. The van der Waals surface area contributed by atoms with Crippen LogP contribution in [-0.4, -0.2) is 14.7 Å². The largest absolute Gasteiger partial charge is 0.359 e. The number of rotatable bonds is 2. The normalized spacial score (nSPS) is 15.4. The van der Waals surface area contributed by atoms with Gasteiger partial charge in [0.2, 0.25) is 0 Å². The van der Waals surface area contributed by atoms with Gasteiger partial charge in [0.15, 0.2) is 6.17 Å². The van der Waals surface area contributed by atoms with Gasteiger partial charge in [-0.1, -0.05) is 30.3 Å². The van der Waals surface area contributed by atoms with Crippen LogP contribution in [0.4, 0.5) is 11.4 Å². The second kappa shape index (κ2) is 4.95. The van der Waals surface area contributed by atoms with Crippen molar-refractivity contribution in [3.63, 3.8) is 0 Å². The zero-order valence-electron chi connectivity index (χ0n) is 12.4. The summed E-state index contributed by atoms with van der Waals surface area (Å²) in [4.78, 5) is 11.0. The summed E-state index contributed by atoms with van der Waals surface area (Å²) in [7, 11) is 0. The quantitative estimate of drug-likeness (QED) is 0.578. The third kappa shape index (κ3) is 2.07. The zero-order valence-corrected chi connectivity index (χ0v) is 12.4. The Morgan fingerprint density at radius 3 is 2.74 bits per heavy atom. The van der Waals surface area contributed by atoms with E-state index in [0.29, 0.717) is 5.56 Å².